The van der Waals surface area contributed by atoms with E-state index in [1.165, 1.54) is 18.4 Å². The van der Waals surface area contributed by atoms with Gasteiger partial charge < -0.3 is 23.9 Å². The van der Waals surface area contributed by atoms with E-state index in [4.69, 9.17) is 13.9 Å². The Morgan fingerprint density at radius 1 is 1.10 bits per heavy atom. The van der Waals surface area contributed by atoms with E-state index in [9.17, 15) is 14.7 Å². The summed E-state index contributed by atoms with van der Waals surface area (Å²) in [6, 6.07) is 13.7. The lowest BCUT2D eigenvalue weighted by molar-refractivity contribution is -0.162. The number of phenolic OH excluding ortho intramolecular Hbond substituents is 1. The van der Waals surface area contributed by atoms with Crippen LogP contribution in [0.2, 0.25) is 0 Å². The minimum atomic E-state index is -1.01. The maximum absolute atomic E-state index is 13.0. The first-order valence-corrected chi connectivity index (χ1v) is 9.42. The number of hydrogen-bond donors (Lipinski definition) is 1. The van der Waals surface area contributed by atoms with Crippen molar-refractivity contribution >= 4 is 22.8 Å². The van der Waals surface area contributed by atoms with Crippen LogP contribution in [0.4, 0.5) is 0 Å². The molecule has 1 aliphatic rings. The number of nitrogens with zero attached hydrogens (tertiary/aromatic N) is 1. The van der Waals surface area contributed by atoms with Crippen LogP contribution in [0.3, 0.4) is 0 Å². The molecule has 0 unspecified atom stereocenters. The Bertz CT molecular complexity index is 1010. The summed E-state index contributed by atoms with van der Waals surface area (Å²) in [5.74, 6) is -0.702. The van der Waals surface area contributed by atoms with Crippen LogP contribution in [-0.4, -0.2) is 48.2 Å². The number of hydrogen-bond acceptors (Lipinski definition) is 6. The van der Waals surface area contributed by atoms with E-state index in [0.29, 0.717) is 43.0 Å². The third-order valence-electron chi connectivity index (χ3n) is 4.87. The minimum absolute atomic E-state index is 0.0441. The van der Waals surface area contributed by atoms with Crippen molar-refractivity contribution in [2.75, 3.05) is 26.3 Å². The normalized spacial score (nSPS) is 15.2. The summed E-state index contributed by atoms with van der Waals surface area (Å²) in [4.78, 5) is 27.4. The smallest absolute Gasteiger partial charge is 0.311 e. The van der Waals surface area contributed by atoms with Crippen molar-refractivity contribution in [3.63, 3.8) is 0 Å². The molecule has 1 saturated heterocycles. The molecule has 2 heterocycles. The molecular formula is C22H21NO6. The molecule has 1 aliphatic heterocycles. The molecule has 0 aliphatic carbocycles. The largest absolute Gasteiger partial charge is 0.508 e. The van der Waals surface area contributed by atoms with Crippen LogP contribution in [0.1, 0.15) is 17.2 Å². The lowest BCUT2D eigenvalue weighted by Crippen LogP contribution is -2.44. The molecule has 1 fully saturated rings. The Morgan fingerprint density at radius 2 is 1.86 bits per heavy atom. The zero-order chi connectivity index (χ0) is 20.2. The molecule has 1 atom stereocenters. The molecule has 29 heavy (non-hydrogen) atoms. The van der Waals surface area contributed by atoms with Crippen molar-refractivity contribution in [3.05, 3.63) is 65.9 Å². The van der Waals surface area contributed by atoms with Crippen molar-refractivity contribution in [2.45, 2.75) is 12.5 Å². The van der Waals surface area contributed by atoms with Gasteiger partial charge in [0.15, 0.2) is 0 Å². The van der Waals surface area contributed by atoms with Gasteiger partial charge in [0.2, 0.25) is 6.10 Å². The summed E-state index contributed by atoms with van der Waals surface area (Å²) in [6.07, 6.45) is 0.411. The van der Waals surface area contributed by atoms with Gasteiger partial charge in [-0.25, -0.2) is 0 Å². The Kier molecular flexibility index (Phi) is 5.48. The maximum Gasteiger partial charge on any atom is 0.311 e. The number of carbonyl (C=O) groups excluding carboxylic acids is 2. The Morgan fingerprint density at radius 3 is 2.62 bits per heavy atom. The van der Waals surface area contributed by atoms with Gasteiger partial charge in [0.1, 0.15) is 11.3 Å². The van der Waals surface area contributed by atoms with E-state index in [0.717, 1.165) is 5.39 Å². The third-order valence-corrected chi connectivity index (χ3v) is 4.87. The number of benzene rings is 2. The van der Waals surface area contributed by atoms with Gasteiger partial charge in [-0.3, -0.25) is 9.59 Å². The van der Waals surface area contributed by atoms with Crippen molar-refractivity contribution in [2.24, 2.45) is 0 Å². The summed E-state index contributed by atoms with van der Waals surface area (Å²) in [7, 11) is 0. The van der Waals surface area contributed by atoms with E-state index in [-0.39, 0.29) is 18.1 Å². The van der Waals surface area contributed by atoms with Gasteiger partial charge in [-0.2, -0.15) is 0 Å². The van der Waals surface area contributed by atoms with Gasteiger partial charge in [-0.15, -0.1) is 0 Å². The topological polar surface area (TPSA) is 89.2 Å². The fraction of sp³-hybridized carbons (Fsp3) is 0.273. The number of rotatable bonds is 5. The number of fused-ring (bicyclic) bond motifs is 1. The van der Waals surface area contributed by atoms with E-state index in [1.807, 2.05) is 6.07 Å². The lowest BCUT2D eigenvalue weighted by Gasteiger charge is -2.30. The molecule has 0 radical (unpaired) electrons. The summed E-state index contributed by atoms with van der Waals surface area (Å²) < 4.78 is 16.3. The second-order valence-corrected chi connectivity index (χ2v) is 6.84. The molecule has 0 bridgehead atoms. The summed E-state index contributed by atoms with van der Waals surface area (Å²) in [6.45, 7) is 1.87. The maximum atomic E-state index is 13.0. The monoisotopic (exact) mass is 395 g/mol. The fourth-order valence-electron chi connectivity index (χ4n) is 3.38. The fourth-order valence-corrected chi connectivity index (χ4v) is 3.38. The Balaban J connectivity index is 1.53. The highest BCUT2D eigenvalue weighted by Crippen LogP contribution is 2.27. The van der Waals surface area contributed by atoms with Crippen LogP contribution in [0, 0.1) is 0 Å². The zero-order valence-corrected chi connectivity index (χ0v) is 15.7. The standard InChI is InChI=1S/C22H21NO6/c24-17-6-7-18-16(14-28-19(18)13-17)12-20(25)29-21(15-4-2-1-3-5-15)22(26)23-8-10-27-11-9-23/h1-7,13-14,21,24H,8-12H2/t21-/m0/s1. The first-order chi connectivity index (χ1) is 14.1. The average molecular weight is 395 g/mol. The zero-order valence-electron chi connectivity index (χ0n) is 15.7. The van der Waals surface area contributed by atoms with Gasteiger partial charge in [-0.1, -0.05) is 30.3 Å². The van der Waals surface area contributed by atoms with E-state index in [1.54, 1.807) is 35.2 Å². The van der Waals surface area contributed by atoms with Crippen molar-refractivity contribution in [1.29, 1.82) is 0 Å². The summed E-state index contributed by atoms with van der Waals surface area (Å²) in [5, 5.41) is 10.3. The van der Waals surface area contributed by atoms with Gasteiger partial charge in [0, 0.05) is 35.7 Å². The predicted molar refractivity (Wildman–Crippen MR) is 104 cm³/mol. The average Bonchev–Trinajstić information content (AvgIpc) is 3.14. The SMILES string of the molecule is O=C(Cc1coc2cc(O)ccc12)O[C@H](C(=O)N1CCOCC1)c1ccccc1. The Labute approximate surface area is 167 Å². The van der Waals surface area contributed by atoms with Gasteiger partial charge in [0.05, 0.1) is 25.9 Å². The van der Waals surface area contributed by atoms with Gasteiger partial charge in [0.25, 0.3) is 5.91 Å². The van der Waals surface area contributed by atoms with Crippen LogP contribution in [0.5, 0.6) is 5.75 Å². The molecule has 1 N–H and O–H groups in total. The number of aromatic hydroxyl groups is 1. The number of carbonyl (C=O) groups is 2. The van der Waals surface area contributed by atoms with Crippen LogP contribution in [0.25, 0.3) is 11.0 Å². The first-order valence-electron chi connectivity index (χ1n) is 9.42. The molecule has 0 saturated carbocycles. The molecule has 1 amide bonds. The van der Waals surface area contributed by atoms with Crippen LogP contribution >= 0.6 is 0 Å². The van der Waals surface area contributed by atoms with E-state index < -0.39 is 12.1 Å². The van der Waals surface area contributed by atoms with Crippen molar-refractivity contribution in [1.82, 2.24) is 4.90 Å². The number of morpholine rings is 1. The quantitative estimate of drug-likeness (QED) is 0.669. The highest BCUT2D eigenvalue weighted by Gasteiger charge is 2.30. The molecule has 1 aromatic heterocycles. The van der Waals surface area contributed by atoms with E-state index in [2.05, 4.69) is 0 Å². The van der Waals surface area contributed by atoms with Crippen LogP contribution in [-0.2, 0) is 25.5 Å². The number of phenols is 1. The highest BCUT2D eigenvalue weighted by molar-refractivity contribution is 5.89. The number of amides is 1. The van der Waals surface area contributed by atoms with Crippen LogP contribution < -0.4 is 0 Å². The predicted octanol–water partition coefficient (Wildman–Crippen LogP) is 2.82. The van der Waals surface area contributed by atoms with Gasteiger partial charge in [-0.05, 0) is 12.1 Å². The number of esters is 1. The minimum Gasteiger partial charge on any atom is -0.508 e. The summed E-state index contributed by atoms with van der Waals surface area (Å²) in [5.41, 5.74) is 1.74. The number of ether oxygens (including phenoxy) is 2. The summed E-state index contributed by atoms with van der Waals surface area (Å²) >= 11 is 0. The lowest BCUT2D eigenvalue weighted by atomic mass is 10.1. The second kappa shape index (κ2) is 8.36. The van der Waals surface area contributed by atoms with Crippen molar-refractivity contribution in [3.8, 4) is 5.75 Å². The van der Waals surface area contributed by atoms with E-state index >= 15 is 0 Å². The molecule has 0 spiro atoms. The molecule has 150 valence electrons. The van der Waals surface area contributed by atoms with Gasteiger partial charge >= 0.3 is 5.97 Å². The molecule has 4 rings (SSSR count). The highest BCUT2D eigenvalue weighted by atomic mass is 16.5. The second-order valence-electron chi connectivity index (χ2n) is 6.84. The molecule has 2 aromatic carbocycles. The number of furan rings is 1. The Hall–Kier alpha value is -3.32. The molecule has 7 heteroatoms. The van der Waals surface area contributed by atoms with Crippen molar-refractivity contribution < 1.29 is 28.6 Å². The molecular weight excluding hydrogens is 374 g/mol. The third kappa shape index (κ3) is 4.25. The first kappa shape index (κ1) is 19.0. The van der Waals surface area contributed by atoms with Crippen LogP contribution in [0.15, 0.2) is 59.2 Å². The molecule has 3 aromatic rings. The molecule has 7 nitrogen and oxygen atoms in total.